The highest BCUT2D eigenvalue weighted by atomic mass is 32.2. The van der Waals surface area contributed by atoms with Gasteiger partial charge in [0, 0.05) is 24.8 Å². The van der Waals surface area contributed by atoms with Gasteiger partial charge in [0.1, 0.15) is 11.0 Å². The minimum Gasteiger partial charge on any atom is -0.381 e. The standard InChI is InChI=1S/C23H29F3N2OS/c1-4-16(2)8-11-19-14-28(15-21-17(3)6-5-7-22(21)27-19)30(29)20-12-9-18(10-13-20)23(24,25)26/h5-7,9-10,12-13,16,19,27H,4,8,11,14-15H2,1-3H3. The lowest BCUT2D eigenvalue weighted by Gasteiger charge is -2.24. The SMILES string of the molecule is CCC(C)CCC1CN(S(=O)c2ccc(C(F)(F)F)cc2)Cc2c(C)cccc2N1. The van der Waals surface area contributed by atoms with Gasteiger partial charge < -0.3 is 5.32 Å². The smallest absolute Gasteiger partial charge is 0.381 e. The van der Waals surface area contributed by atoms with Gasteiger partial charge in [0.05, 0.1) is 10.5 Å². The van der Waals surface area contributed by atoms with E-state index in [0.29, 0.717) is 23.9 Å². The van der Waals surface area contributed by atoms with Crippen LogP contribution in [0.5, 0.6) is 0 Å². The summed E-state index contributed by atoms with van der Waals surface area (Å²) in [5.41, 5.74) is 2.52. The van der Waals surface area contributed by atoms with Crippen molar-refractivity contribution in [2.24, 2.45) is 5.92 Å². The van der Waals surface area contributed by atoms with Gasteiger partial charge in [-0.2, -0.15) is 13.2 Å². The lowest BCUT2D eigenvalue weighted by Crippen LogP contribution is -2.35. The van der Waals surface area contributed by atoms with Crippen LogP contribution in [-0.4, -0.2) is 21.1 Å². The molecule has 1 aliphatic rings. The second-order valence-corrected chi connectivity index (χ2v) is 9.61. The molecule has 30 heavy (non-hydrogen) atoms. The number of fused-ring (bicyclic) bond motifs is 1. The summed E-state index contributed by atoms with van der Waals surface area (Å²) in [5.74, 6) is 0.612. The van der Waals surface area contributed by atoms with E-state index in [1.807, 2.05) is 29.4 Å². The van der Waals surface area contributed by atoms with Crippen molar-refractivity contribution >= 4 is 16.7 Å². The lowest BCUT2D eigenvalue weighted by atomic mass is 9.99. The summed E-state index contributed by atoms with van der Waals surface area (Å²) in [5, 5.41) is 3.62. The topological polar surface area (TPSA) is 32.3 Å². The Morgan fingerprint density at radius 2 is 1.90 bits per heavy atom. The van der Waals surface area contributed by atoms with E-state index in [9.17, 15) is 17.4 Å². The highest BCUT2D eigenvalue weighted by Crippen LogP contribution is 2.32. The zero-order valence-corrected chi connectivity index (χ0v) is 18.4. The molecule has 3 unspecified atom stereocenters. The van der Waals surface area contributed by atoms with E-state index in [4.69, 9.17) is 0 Å². The first-order valence-corrected chi connectivity index (χ1v) is 11.5. The normalized spacial score (nSPS) is 19.5. The molecule has 0 amide bonds. The second-order valence-electron chi connectivity index (χ2n) is 8.13. The number of hydrogen-bond acceptors (Lipinski definition) is 2. The minimum atomic E-state index is -4.40. The molecule has 0 aromatic heterocycles. The van der Waals surface area contributed by atoms with Crippen LogP contribution in [0.4, 0.5) is 18.9 Å². The van der Waals surface area contributed by atoms with Crippen molar-refractivity contribution < 1.29 is 17.4 Å². The van der Waals surface area contributed by atoms with Crippen molar-refractivity contribution in [1.29, 1.82) is 0 Å². The van der Waals surface area contributed by atoms with E-state index in [1.54, 1.807) is 0 Å². The monoisotopic (exact) mass is 438 g/mol. The number of anilines is 1. The number of hydrogen-bond donors (Lipinski definition) is 1. The summed E-state index contributed by atoms with van der Waals surface area (Å²) in [6.07, 6.45) is -1.27. The molecule has 0 bridgehead atoms. The Kier molecular flexibility index (Phi) is 7.24. The van der Waals surface area contributed by atoms with Crippen LogP contribution in [0, 0.1) is 12.8 Å². The Labute approximate surface area is 179 Å². The minimum absolute atomic E-state index is 0.125. The fraction of sp³-hybridized carbons (Fsp3) is 0.478. The Bertz CT molecular complexity index is 883. The molecule has 1 N–H and O–H groups in total. The largest absolute Gasteiger partial charge is 0.416 e. The molecular formula is C23H29F3N2OS. The van der Waals surface area contributed by atoms with Crippen molar-refractivity contribution in [3.05, 3.63) is 59.2 Å². The van der Waals surface area contributed by atoms with Crippen molar-refractivity contribution in [2.75, 3.05) is 11.9 Å². The van der Waals surface area contributed by atoms with Gasteiger partial charge in [0.2, 0.25) is 0 Å². The molecule has 2 aromatic carbocycles. The molecule has 0 radical (unpaired) electrons. The molecule has 0 spiro atoms. The summed E-state index contributed by atoms with van der Waals surface area (Å²) in [4.78, 5) is 0.390. The van der Waals surface area contributed by atoms with Gasteiger partial charge >= 0.3 is 6.18 Å². The first kappa shape index (κ1) is 22.8. The number of benzene rings is 2. The Hall–Kier alpha value is -1.86. The first-order valence-electron chi connectivity index (χ1n) is 10.4. The molecule has 7 heteroatoms. The van der Waals surface area contributed by atoms with E-state index in [0.717, 1.165) is 48.2 Å². The van der Waals surface area contributed by atoms with E-state index < -0.39 is 22.7 Å². The molecule has 0 fully saturated rings. The third-order valence-electron chi connectivity index (χ3n) is 5.85. The van der Waals surface area contributed by atoms with Crippen molar-refractivity contribution in [3.8, 4) is 0 Å². The third-order valence-corrected chi connectivity index (χ3v) is 7.27. The summed E-state index contributed by atoms with van der Waals surface area (Å²) < 4.78 is 53.8. The van der Waals surface area contributed by atoms with Gasteiger partial charge in [-0.1, -0.05) is 32.4 Å². The van der Waals surface area contributed by atoms with Crippen LogP contribution in [0.3, 0.4) is 0 Å². The average Bonchev–Trinajstić information content (AvgIpc) is 2.91. The van der Waals surface area contributed by atoms with Crippen LogP contribution in [0.2, 0.25) is 0 Å². The van der Waals surface area contributed by atoms with E-state index in [-0.39, 0.29) is 6.04 Å². The molecule has 1 aliphatic heterocycles. The second kappa shape index (κ2) is 9.52. The first-order chi connectivity index (χ1) is 14.2. The average molecular weight is 439 g/mol. The Balaban J connectivity index is 1.86. The fourth-order valence-electron chi connectivity index (χ4n) is 3.69. The van der Waals surface area contributed by atoms with Crippen LogP contribution in [0.25, 0.3) is 0 Å². The van der Waals surface area contributed by atoms with Gasteiger partial charge in [0.25, 0.3) is 0 Å². The third kappa shape index (κ3) is 5.43. The molecule has 0 aliphatic carbocycles. The summed E-state index contributed by atoms with van der Waals surface area (Å²) >= 11 is 0. The van der Waals surface area contributed by atoms with E-state index >= 15 is 0 Å². The summed E-state index contributed by atoms with van der Waals surface area (Å²) in [6.45, 7) is 7.49. The quantitative estimate of drug-likeness (QED) is 0.586. The highest BCUT2D eigenvalue weighted by Gasteiger charge is 2.31. The molecule has 164 valence electrons. The molecule has 3 rings (SSSR count). The molecule has 2 aromatic rings. The summed E-state index contributed by atoms with van der Waals surface area (Å²) in [7, 11) is -1.54. The van der Waals surface area contributed by atoms with Crippen LogP contribution < -0.4 is 5.32 Å². The predicted molar refractivity (Wildman–Crippen MR) is 116 cm³/mol. The van der Waals surface area contributed by atoms with Gasteiger partial charge in [-0.25, -0.2) is 8.51 Å². The van der Waals surface area contributed by atoms with Crippen LogP contribution in [0.15, 0.2) is 47.4 Å². The van der Waals surface area contributed by atoms with E-state index in [1.165, 1.54) is 12.1 Å². The van der Waals surface area contributed by atoms with Crippen LogP contribution in [0.1, 0.15) is 49.8 Å². The molecule has 3 nitrogen and oxygen atoms in total. The van der Waals surface area contributed by atoms with E-state index in [2.05, 4.69) is 19.2 Å². The number of alkyl halides is 3. The number of nitrogens with zero attached hydrogens (tertiary/aromatic N) is 1. The zero-order valence-electron chi connectivity index (χ0n) is 17.6. The van der Waals surface area contributed by atoms with Crippen molar-refractivity contribution in [1.82, 2.24) is 4.31 Å². The number of nitrogens with one attached hydrogen (secondary N) is 1. The van der Waals surface area contributed by atoms with Crippen LogP contribution >= 0.6 is 0 Å². The van der Waals surface area contributed by atoms with Crippen molar-refractivity contribution in [3.63, 3.8) is 0 Å². The summed E-state index contributed by atoms with van der Waals surface area (Å²) in [6, 6.07) is 10.9. The highest BCUT2D eigenvalue weighted by molar-refractivity contribution is 7.82. The van der Waals surface area contributed by atoms with Gasteiger partial charge in [-0.05, 0) is 67.1 Å². The van der Waals surface area contributed by atoms with Crippen molar-refractivity contribution in [2.45, 2.75) is 63.7 Å². The number of halogens is 3. The maximum absolute atomic E-state index is 13.3. The Morgan fingerprint density at radius 1 is 1.20 bits per heavy atom. The van der Waals surface area contributed by atoms with Gasteiger partial charge in [0.15, 0.2) is 0 Å². The molecule has 3 atom stereocenters. The fourth-order valence-corrected chi connectivity index (χ4v) is 4.92. The van der Waals surface area contributed by atoms with Gasteiger partial charge in [-0.15, -0.1) is 0 Å². The lowest BCUT2D eigenvalue weighted by molar-refractivity contribution is -0.137. The predicted octanol–water partition coefficient (Wildman–Crippen LogP) is 6.16. The zero-order chi connectivity index (χ0) is 21.9. The Morgan fingerprint density at radius 3 is 2.53 bits per heavy atom. The number of rotatable bonds is 6. The molecular weight excluding hydrogens is 409 g/mol. The maximum atomic E-state index is 13.3. The van der Waals surface area contributed by atoms with Crippen LogP contribution in [-0.2, 0) is 23.7 Å². The maximum Gasteiger partial charge on any atom is 0.416 e. The number of aryl methyl sites for hydroxylation is 1. The molecule has 1 heterocycles. The van der Waals surface area contributed by atoms with Gasteiger partial charge in [-0.3, -0.25) is 0 Å². The molecule has 0 saturated heterocycles. The molecule has 0 saturated carbocycles.